The van der Waals surface area contributed by atoms with Crippen molar-refractivity contribution in [3.63, 3.8) is 0 Å². The van der Waals surface area contributed by atoms with Crippen LogP contribution in [0.3, 0.4) is 0 Å². The molecule has 0 saturated heterocycles. The molecule has 0 amide bonds. The average molecular weight is 259 g/mol. The summed E-state index contributed by atoms with van der Waals surface area (Å²) in [5, 5.41) is 9.74. The van der Waals surface area contributed by atoms with Gasteiger partial charge in [-0.25, -0.2) is 0 Å². The molecule has 96 valence electrons. The molecule has 0 spiro atoms. The van der Waals surface area contributed by atoms with Crippen LogP contribution in [0, 0.1) is 0 Å². The van der Waals surface area contributed by atoms with Crippen molar-refractivity contribution in [1.82, 2.24) is 0 Å². The summed E-state index contributed by atoms with van der Waals surface area (Å²) in [4.78, 5) is 2.03. The second-order valence-corrected chi connectivity index (χ2v) is 4.05. The Balaban J connectivity index is 2.95. The van der Waals surface area contributed by atoms with Crippen LogP contribution in [0.1, 0.15) is 5.56 Å². The number of hydrogen-bond donors (Lipinski definition) is 2. The number of methoxy groups -OCH3 is 1. The van der Waals surface area contributed by atoms with E-state index in [0.717, 1.165) is 11.3 Å². The van der Waals surface area contributed by atoms with Crippen molar-refractivity contribution in [3.8, 4) is 0 Å². The zero-order valence-corrected chi connectivity index (χ0v) is 10.8. The average Bonchev–Trinajstić information content (AvgIpc) is 2.34. The molecular weight excluding hydrogens is 240 g/mol. The van der Waals surface area contributed by atoms with Crippen LogP contribution in [0.2, 0.25) is 5.02 Å². The lowest BCUT2D eigenvalue weighted by atomic mass is 10.1. The van der Waals surface area contributed by atoms with Crippen molar-refractivity contribution in [2.75, 3.05) is 38.3 Å². The molecule has 0 bridgehead atoms. The van der Waals surface area contributed by atoms with E-state index in [2.05, 4.69) is 0 Å². The van der Waals surface area contributed by atoms with Gasteiger partial charge < -0.3 is 20.5 Å². The highest BCUT2D eigenvalue weighted by Gasteiger charge is 2.12. The standard InChI is InChI=1S/C12H19ClN2O2/c1-17-8-6-15(5-7-16)12-4-2-3-11(13)10(12)9-14/h2-4,16H,5-9,14H2,1H3. The Labute approximate surface area is 107 Å². The highest BCUT2D eigenvalue weighted by atomic mass is 35.5. The zero-order valence-electron chi connectivity index (χ0n) is 10.0. The van der Waals surface area contributed by atoms with Crippen molar-refractivity contribution < 1.29 is 9.84 Å². The molecule has 0 aliphatic carbocycles. The maximum Gasteiger partial charge on any atom is 0.0637 e. The SMILES string of the molecule is COCCN(CCO)c1cccc(Cl)c1CN. The van der Waals surface area contributed by atoms with Gasteiger partial charge in [-0.2, -0.15) is 0 Å². The van der Waals surface area contributed by atoms with Gasteiger partial charge in [-0.15, -0.1) is 0 Å². The van der Waals surface area contributed by atoms with E-state index < -0.39 is 0 Å². The molecule has 1 aromatic carbocycles. The molecule has 0 aliphatic heterocycles. The lowest BCUT2D eigenvalue weighted by Crippen LogP contribution is -2.31. The maximum absolute atomic E-state index is 9.08. The van der Waals surface area contributed by atoms with E-state index in [4.69, 9.17) is 27.2 Å². The summed E-state index contributed by atoms with van der Waals surface area (Å²) in [5.74, 6) is 0. The predicted octanol–water partition coefficient (Wildman–Crippen LogP) is 1.24. The number of rotatable bonds is 7. The first-order valence-corrected chi connectivity index (χ1v) is 5.94. The number of nitrogens with two attached hydrogens (primary N) is 1. The van der Waals surface area contributed by atoms with Gasteiger partial charge in [-0.1, -0.05) is 17.7 Å². The largest absolute Gasteiger partial charge is 0.395 e. The van der Waals surface area contributed by atoms with Crippen LogP contribution < -0.4 is 10.6 Å². The van der Waals surface area contributed by atoms with Crippen molar-refractivity contribution in [3.05, 3.63) is 28.8 Å². The number of aliphatic hydroxyl groups is 1. The molecule has 0 radical (unpaired) electrons. The van der Waals surface area contributed by atoms with Crippen molar-refractivity contribution in [2.24, 2.45) is 5.73 Å². The number of hydrogen-bond acceptors (Lipinski definition) is 4. The second-order valence-electron chi connectivity index (χ2n) is 3.65. The van der Waals surface area contributed by atoms with Crippen LogP contribution in [0.25, 0.3) is 0 Å². The number of benzene rings is 1. The molecule has 4 nitrogen and oxygen atoms in total. The summed E-state index contributed by atoms with van der Waals surface area (Å²) >= 11 is 6.11. The highest BCUT2D eigenvalue weighted by molar-refractivity contribution is 6.31. The summed E-state index contributed by atoms with van der Waals surface area (Å²) in [6.07, 6.45) is 0. The summed E-state index contributed by atoms with van der Waals surface area (Å²) < 4.78 is 5.06. The monoisotopic (exact) mass is 258 g/mol. The Hall–Kier alpha value is -0.810. The van der Waals surface area contributed by atoms with Crippen LogP contribution >= 0.6 is 11.6 Å². The Bertz CT molecular complexity index is 347. The predicted molar refractivity (Wildman–Crippen MR) is 70.5 cm³/mol. The fraction of sp³-hybridized carbons (Fsp3) is 0.500. The summed E-state index contributed by atoms with van der Waals surface area (Å²) in [6, 6.07) is 5.66. The fourth-order valence-corrected chi connectivity index (χ4v) is 1.97. The van der Waals surface area contributed by atoms with E-state index in [0.29, 0.717) is 31.3 Å². The lowest BCUT2D eigenvalue weighted by molar-refractivity contribution is 0.203. The van der Waals surface area contributed by atoms with Gasteiger partial charge in [0.1, 0.15) is 0 Å². The van der Waals surface area contributed by atoms with E-state index in [-0.39, 0.29) is 6.61 Å². The Morgan fingerprint density at radius 3 is 2.76 bits per heavy atom. The van der Waals surface area contributed by atoms with Gasteiger partial charge in [0.25, 0.3) is 0 Å². The summed E-state index contributed by atoms with van der Waals surface area (Å²) in [6.45, 7) is 2.29. The van der Waals surface area contributed by atoms with Gasteiger partial charge in [0.15, 0.2) is 0 Å². The first kappa shape index (κ1) is 14.3. The smallest absolute Gasteiger partial charge is 0.0637 e. The van der Waals surface area contributed by atoms with Crippen molar-refractivity contribution >= 4 is 17.3 Å². The number of aliphatic hydroxyl groups excluding tert-OH is 1. The molecule has 17 heavy (non-hydrogen) atoms. The van der Waals surface area contributed by atoms with Crippen LogP contribution in [0.15, 0.2) is 18.2 Å². The minimum atomic E-state index is 0.0836. The molecule has 0 unspecified atom stereocenters. The quantitative estimate of drug-likeness (QED) is 0.773. The highest BCUT2D eigenvalue weighted by Crippen LogP contribution is 2.26. The van der Waals surface area contributed by atoms with Crippen LogP contribution in [-0.4, -0.2) is 38.5 Å². The summed E-state index contributed by atoms with van der Waals surface area (Å²) in [5.41, 5.74) is 7.57. The molecule has 3 N–H and O–H groups in total. The molecule has 0 atom stereocenters. The number of nitrogens with zero attached hydrogens (tertiary/aromatic N) is 1. The maximum atomic E-state index is 9.08. The molecule has 0 aliphatic rings. The number of halogens is 1. The molecule has 5 heteroatoms. The van der Waals surface area contributed by atoms with Gasteiger partial charge >= 0.3 is 0 Å². The second kappa shape index (κ2) is 7.50. The first-order valence-electron chi connectivity index (χ1n) is 5.56. The third-order valence-corrected chi connectivity index (χ3v) is 2.93. The molecule has 0 saturated carbocycles. The van der Waals surface area contributed by atoms with E-state index >= 15 is 0 Å². The van der Waals surface area contributed by atoms with Crippen LogP contribution in [0.5, 0.6) is 0 Å². The molecule has 1 rings (SSSR count). The van der Waals surface area contributed by atoms with Crippen molar-refractivity contribution in [2.45, 2.75) is 6.54 Å². The Kier molecular flexibility index (Phi) is 6.29. The van der Waals surface area contributed by atoms with Gasteiger partial charge in [-0.3, -0.25) is 0 Å². The molecule has 0 fully saturated rings. The fourth-order valence-electron chi connectivity index (χ4n) is 1.72. The zero-order chi connectivity index (χ0) is 12.7. The van der Waals surface area contributed by atoms with E-state index in [1.807, 2.05) is 23.1 Å². The summed E-state index contributed by atoms with van der Waals surface area (Å²) in [7, 11) is 1.65. The van der Waals surface area contributed by atoms with E-state index in [1.165, 1.54) is 0 Å². The molecular formula is C12H19ClN2O2. The third kappa shape index (κ3) is 3.85. The van der Waals surface area contributed by atoms with Gasteiger partial charge in [-0.05, 0) is 12.1 Å². The Morgan fingerprint density at radius 2 is 2.18 bits per heavy atom. The topological polar surface area (TPSA) is 58.7 Å². The van der Waals surface area contributed by atoms with Gasteiger partial charge in [0.05, 0.1) is 13.2 Å². The van der Waals surface area contributed by atoms with Gasteiger partial charge in [0, 0.05) is 43.0 Å². The lowest BCUT2D eigenvalue weighted by Gasteiger charge is -2.26. The van der Waals surface area contributed by atoms with Crippen molar-refractivity contribution in [1.29, 1.82) is 0 Å². The van der Waals surface area contributed by atoms with E-state index in [1.54, 1.807) is 7.11 Å². The Morgan fingerprint density at radius 1 is 1.41 bits per heavy atom. The number of ether oxygens (including phenoxy) is 1. The first-order chi connectivity index (χ1) is 8.24. The van der Waals surface area contributed by atoms with Crippen LogP contribution in [-0.2, 0) is 11.3 Å². The molecule has 0 aromatic heterocycles. The minimum Gasteiger partial charge on any atom is -0.395 e. The van der Waals surface area contributed by atoms with Crippen LogP contribution in [0.4, 0.5) is 5.69 Å². The normalized spacial score (nSPS) is 10.6. The molecule has 0 heterocycles. The minimum absolute atomic E-state index is 0.0836. The number of anilines is 1. The van der Waals surface area contributed by atoms with Gasteiger partial charge in [0.2, 0.25) is 0 Å². The molecule has 1 aromatic rings. The van der Waals surface area contributed by atoms with E-state index in [9.17, 15) is 0 Å². The third-order valence-electron chi connectivity index (χ3n) is 2.57.